The van der Waals surface area contributed by atoms with Crippen LogP contribution in [0.15, 0.2) is 0 Å². The fraction of sp³-hybridized carbons (Fsp3) is 0.833. The van der Waals surface area contributed by atoms with Gasteiger partial charge in [0, 0.05) is 12.5 Å². The highest BCUT2D eigenvalue weighted by Crippen LogP contribution is 2.20. The van der Waals surface area contributed by atoms with Crippen LogP contribution in [0.1, 0.15) is 44.9 Å². The highest BCUT2D eigenvalue weighted by Gasteiger charge is 2.23. The van der Waals surface area contributed by atoms with E-state index in [9.17, 15) is 4.79 Å². The van der Waals surface area contributed by atoms with Crippen LogP contribution in [0.3, 0.4) is 0 Å². The Balaban J connectivity index is 2.02. The van der Waals surface area contributed by atoms with Crippen molar-refractivity contribution in [1.29, 1.82) is 0 Å². The van der Waals surface area contributed by atoms with Gasteiger partial charge in [-0.15, -0.1) is 10.2 Å². The molecule has 0 aliphatic carbocycles. The second kappa shape index (κ2) is 6.04. The Hall–Kier alpha value is -1.30. The molecule has 2 rings (SSSR count). The van der Waals surface area contributed by atoms with Gasteiger partial charge in [0.1, 0.15) is 5.78 Å². The average Bonchev–Trinajstić information content (AvgIpc) is 2.58. The van der Waals surface area contributed by atoms with E-state index in [0.717, 1.165) is 18.8 Å². The second-order valence-corrected chi connectivity index (χ2v) is 5.07. The zero-order chi connectivity index (χ0) is 13.0. The maximum absolute atomic E-state index is 11.4. The summed E-state index contributed by atoms with van der Waals surface area (Å²) < 4.78 is 0. The molecule has 0 aromatic carbocycles. The monoisotopic (exact) mass is 251 g/mol. The first-order valence-corrected chi connectivity index (χ1v) is 6.61. The molecule has 1 atom stereocenters. The molecule has 6 heteroatoms. The number of hydrogen-bond donors (Lipinski definition) is 0. The highest BCUT2D eigenvalue weighted by molar-refractivity contribution is 5.76. The van der Waals surface area contributed by atoms with E-state index in [1.165, 1.54) is 24.1 Å². The number of carbonyl (C=O) groups excluding carboxylic acids is 1. The van der Waals surface area contributed by atoms with Crippen molar-refractivity contribution in [1.82, 2.24) is 25.1 Å². The lowest BCUT2D eigenvalue weighted by molar-refractivity contribution is -0.118. The molecule has 2 heterocycles. The summed E-state index contributed by atoms with van der Waals surface area (Å²) >= 11 is 0. The first-order valence-electron chi connectivity index (χ1n) is 6.61. The maximum Gasteiger partial charge on any atom is 0.188 e. The minimum Gasteiger partial charge on any atom is -0.300 e. The van der Waals surface area contributed by atoms with Gasteiger partial charge in [-0.1, -0.05) is 12.8 Å². The Morgan fingerprint density at radius 1 is 1.39 bits per heavy atom. The standard InChI is InChI=1S/C12H21N5O/c1-10(18)8-11-6-4-3-5-7-17(11)9-12-13-15-16(2)14-12/h11H,3-9H2,1-2H3. The fourth-order valence-corrected chi connectivity index (χ4v) is 2.58. The van der Waals surface area contributed by atoms with Gasteiger partial charge in [0.25, 0.3) is 0 Å². The van der Waals surface area contributed by atoms with Crippen LogP contribution in [0.5, 0.6) is 0 Å². The van der Waals surface area contributed by atoms with Crippen LogP contribution in [0, 0.1) is 0 Å². The SMILES string of the molecule is CC(=O)CC1CCCCCN1Cc1nnn(C)n1. The molecule has 0 amide bonds. The summed E-state index contributed by atoms with van der Waals surface area (Å²) in [6, 6.07) is 0.341. The lowest BCUT2D eigenvalue weighted by atomic mass is 10.0. The summed E-state index contributed by atoms with van der Waals surface area (Å²) in [5.74, 6) is 1.01. The average molecular weight is 251 g/mol. The quantitative estimate of drug-likeness (QED) is 0.796. The number of likely N-dealkylation sites (tertiary alicyclic amines) is 1. The van der Waals surface area contributed by atoms with E-state index in [1.54, 1.807) is 14.0 Å². The van der Waals surface area contributed by atoms with Gasteiger partial charge in [-0.05, 0) is 31.5 Å². The lowest BCUT2D eigenvalue weighted by Crippen LogP contribution is -2.36. The number of nitrogens with zero attached hydrogens (tertiary/aromatic N) is 5. The number of hydrogen-bond acceptors (Lipinski definition) is 5. The Morgan fingerprint density at radius 3 is 2.89 bits per heavy atom. The molecule has 1 unspecified atom stereocenters. The number of aryl methyl sites for hydroxylation is 1. The van der Waals surface area contributed by atoms with E-state index in [0.29, 0.717) is 19.0 Å². The molecule has 1 aliphatic heterocycles. The molecule has 6 nitrogen and oxygen atoms in total. The third kappa shape index (κ3) is 3.60. The van der Waals surface area contributed by atoms with Crippen LogP contribution < -0.4 is 0 Å². The van der Waals surface area contributed by atoms with Crippen molar-refractivity contribution in [3.05, 3.63) is 5.82 Å². The van der Waals surface area contributed by atoms with Gasteiger partial charge in [-0.2, -0.15) is 4.80 Å². The van der Waals surface area contributed by atoms with Crippen LogP contribution >= 0.6 is 0 Å². The van der Waals surface area contributed by atoms with Gasteiger partial charge in [0.05, 0.1) is 13.6 Å². The molecule has 0 N–H and O–H groups in total. The van der Waals surface area contributed by atoms with Crippen LogP contribution in [0.25, 0.3) is 0 Å². The Kier molecular flexibility index (Phi) is 4.41. The molecule has 1 fully saturated rings. The van der Waals surface area contributed by atoms with Crippen molar-refractivity contribution in [2.45, 2.75) is 51.6 Å². The van der Waals surface area contributed by atoms with Gasteiger partial charge in [-0.3, -0.25) is 9.69 Å². The van der Waals surface area contributed by atoms with E-state index < -0.39 is 0 Å². The Bertz CT molecular complexity index is 403. The zero-order valence-corrected chi connectivity index (χ0v) is 11.2. The Labute approximate surface area is 107 Å². The van der Waals surface area contributed by atoms with E-state index in [2.05, 4.69) is 20.3 Å². The Morgan fingerprint density at radius 2 is 2.22 bits per heavy atom. The summed E-state index contributed by atoms with van der Waals surface area (Å²) in [5, 5.41) is 12.1. The molecule has 100 valence electrons. The number of tetrazole rings is 1. The van der Waals surface area contributed by atoms with Gasteiger partial charge >= 0.3 is 0 Å². The lowest BCUT2D eigenvalue weighted by Gasteiger charge is -2.27. The van der Waals surface area contributed by atoms with Crippen molar-refractivity contribution >= 4 is 5.78 Å². The smallest absolute Gasteiger partial charge is 0.188 e. The molecule has 1 aromatic heterocycles. The molecule has 1 aromatic rings. The summed E-state index contributed by atoms with van der Waals surface area (Å²) in [6.07, 6.45) is 5.38. The number of aromatic nitrogens is 4. The molecule has 0 radical (unpaired) electrons. The molecule has 0 saturated carbocycles. The number of carbonyl (C=O) groups is 1. The second-order valence-electron chi connectivity index (χ2n) is 5.07. The van der Waals surface area contributed by atoms with E-state index in [4.69, 9.17) is 0 Å². The summed E-state index contributed by atoms with van der Waals surface area (Å²) in [4.78, 5) is 15.2. The fourth-order valence-electron chi connectivity index (χ4n) is 2.58. The van der Waals surface area contributed by atoms with Crippen molar-refractivity contribution in [2.75, 3.05) is 6.54 Å². The van der Waals surface area contributed by atoms with Crippen molar-refractivity contribution in [3.8, 4) is 0 Å². The van der Waals surface area contributed by atoms with Crippen molar-refractivity contribution in [2.24, 2.45) is 7.05 Å². The molecule has 18 heavy (non-hydrogen) atoms. The predicted molar refractivity (Wildman–Crippen MR) is 66.8 cm³/mol. The minimum absolute atomic E-state index is 0.263. The largest absolute Gasteiger partial charge is 0.300 e. The van der Waals surface area contributed by atoms with E-state index in [1.807, 2.05) is 0 Å². The van der Waals surface area contributed by atoms with Crippen LogP contribution in [-0.4, -0.2) is 43.5 Å². The highest BCUT2D eigenvalue weighted by atomic mass is 16.1. The molecular weight excluding hydrogens is 230 g/mol. The zero-order valence-electron chi connectivity index (χ0n) is 11.2. The number of rotatable bonds is 4. The van der Waals surface area contributed by atoms with E-state index in [-0.39, 0.29) is 5.78 Å². The number of ketones is 1. The molecule has 0 spiro atoms. The summed E-state index contributed by atoms with van der Waals surface area (Å²) in [5.41, 5.74) is 0. The maximum atomic E-state index is 11.4. The van der Waals surface area contributed by atoms with Gasteiger partial charge in [0.15, 0.2) is 5.82 Å². The third-order valence-corrected chi connectivity index (χ3v) is 3.42. The van der Waals surface area contributed by atoms with E-state index >= 15 is 0 Å². The number of Topliss-reactive ketones (excluding diaryl/α,β-unsaturated/α-hetero) is 1. The van der Waals surface area contributed by atoms with Gasteiger partial charge in [-0.25, -0.2) is 0 Å². The minimum atomic E-state index is 0.263. The van der Waals surface area contributed by atoms with Crippen molar-refractivity contribution in [3.63, 3.8) is 0 Å². The topological polar surface area (TPSA) is 63.9 Å². The molecule has 0 bridgehead atoms. The molecular formula is C12H21N5O. The first-order chi connectivity index (χ1) is 8.65. The molecule has 1 saturated heterocycles. The normalized spacial score (nSPS) is 21.8. The summed E-state index contributed by atoms with van der Waals surface area (Å²) in [6.45, 7) is 3.39. The van der Waals surface area contributed by atoms with Crippen LogP contribution in [0.2, 0.25) is 0 Å². The first kappa shape index (κ1) is 13.1. The van der Waals surface area contributed by atoms with Crippen LogP contribution in [0.4, 0.5) is 0 Å². The predicted octanol–water partition coefficient (Wildman–Crippen LogP) is 0.934. The molecule has 1 aliphatic rings. The third-order valence-electron chi connectivity index (χ3n) is 3.42. The summed E-state index contributed by atoms with van der Waals surface area (Å²) in [7, 11) is 1.77. The van der Waals surface area contributed by atoms with Gasteiger partial charge in [0.2, 0.25) is 0 Å². The van der Waals surface area contributed by atoms with Gasteiger partial charge < -0.3 is 0 Å². The van der Waals surface area contributed by atoms with Crippen molar-refractivity contribution < 1.29 is 4.79 Å². The van der Waals surface area contributed by atoms with Crippen LogP contribution in [-0.2, 0) is 18.4 Å².